The van der Waals surface area contributed by atoms with Crippen molar-refractivity contribution in [2.45, 2.75) is 13.3 Å². The normalized spacial score (nSPS) is 15.4. The van der Waals surface area contributed by atoms with Gasteiger partial charge in [0.15, 0.2) is 5.82 Å². The molecule has 1 atom stereocenters. The first-order chi connectivity index (χ1) is 14.4. The molecule has 1 aromatic carbocycles. The molecule has 3 N–H and O–H groups in total. The van der Waals surface area contributed by atoms with Crippen molar-refractivity contribution in [2.24, 2.45) is 0 Å². The van der Waals surface area contributed by atoms with E-state index in [4.69, 9.17) is 9.31 Å². The first-order valence-electron chi connectivity index (χ1n) is 9.00. The number of carbonyl (C=O) groups excluding carboxylic acids is 1. The molecule has 12 heteroatoms. The largest absolute Gasteiger partial charge is 0.755 e. The van der Waals surface area contributed by atoms with Crippen LogP contribution in [0.2, 0.25) is 0 Å². The summed E-state index contributed by atoms with van der Waals surface area (Å²) >= 11 is -2.80. The Kier molecular flexibility index (Phi) is 5.56. The lowest BCUT2D eigenvalue weighted by Crippen LogP contribution is -2.42. The van der Waals surface area contributed by atoms with Gasteiger partial charge in [0.05, 0.1) is 11.3 Å². The number of aromatic hydroxyl groups is 1. The van der Waals surface area contributed by atoms with E-state index in [-0.39, 0.29) is 5.56 Å². The SMILES string of the molecule is Cc1c(B2OCCCO2)cnc2[nH]cc(C(=O)c3c(O)ccc(NS(=O)[O-])c3F)c12. The molecule has 0 bridgehead atoms. The lowest BCUT2D eigenvalue weighted by atomic mass is 9.75. The van der Waals surface area contributed by atoms with Crippen molar-refractivity contribution in [3.63, 3.8) is 0 Å². The maximum atomic E-state index is 14.8. The molecule has 2 aromatic heterocycles. The number of halogens is 1. The molecule has 3 aromatic rings. The highest BCUT2D eigenvalue weighted by atomic mass is 32.2. The zero-order chi connectivity index (χ0) is 21.4. The van der Waals surface area contributed by atoms with Crippen molar-refractivity contribution in [2.75, 3.05) is 17.9 Å². The Labute approximate surface area is 173 Å². The number of ketones is 1. The zero-order valence-corrected chi connectivity index (χ0v) is 16.5. The van der Waals surface area contributed by atoms with Crippen LogP contribution >= 0.6 is 0 Å². The van der Waals surface area contributed by atoms with Crippen LogP contribution < -0.4 is 10.2 Å². The van der Waals surface area contributed by atoms with Crippen LogP contribution in [0.25, 0.3) is 11.0 Å². The van der Waals surface area contributed by atoms with Crippen LogP contribution in [-0.2, 0) is 20.6 Å². The second kappa shape index (κ2) is 8.15. The van der Waals surface area contributed by atoms with E-state index in [9.17, 15) is 23.1 Å². The van der Waals surface area contributed by atoms with Gasteiger partial charge in [-0.1, -0.05) is 0 Å². The van der Waals surface area contributed by atoms with Gasteiger partial charge in [-0.15, -0.1) is 0 Å². The van der Waals surface area contributed by atoms with Crippen LogP contribution in [0.1, 0.15) is 27.9 Å². The molecule has 0 aliphatic carbocycles. The number of benzene rings is 1. The quantitative estimate of drug-likeness (QED) is 0.239. The van der Waals surface area contributed by atoms with Crippen molar-refractivity contribution in [1.82, 2.24) is 9.97 Å². The minimum absolute atomic E-state index is 0.0715. The molecule has 156 valence electrons. The summed E-state index contributed by atoms with van der Waals surface area (Å²) in [6.07, 6.45) is 3.73. The minimum Gasteiger partial charge on any atom is -0.755 e. The Morgan fingerprint density at radius 3 is 2.83 bits per heavy atom. The summed E-state index contributed by atoms with van der Waals surface area (Å²) in [5.74, 6) is -2.63. The zero-order valence-electron chi connectivity index (χ0n) is 15.7. The fourth-order valence-corrected chi connectivity index (χ4v) is 3.78. The highest BCUT2D eigenvalue weighted by molar-refractivity contribution is 7.80. The fraction of sp³-hybridized carbons (Fsp3) is 0.222. The summed E-state index contributed by atoms with van der Waals surface area (Å²) in [4.78, 5) is 20.3. The number of aromatic nitrogens is 2. The molecule has 0 spiro atoms. The van der Waals surface area contributed by atoms with E-state index in [1.165, 1.54) is 6.20 Å². The summed E-state index contributed by atoms with van der Waals surface area (Å²) in [6.45, 7) is 2.82. The maximum absolute atomic E-state index is 14.8. The van der Waals surface area contributed by atoms with Gasteiger partial charge < -0.3 is 28.7 Å². The van der Waals surface area contributed by atoms with Crippen LogP contribution in [0, 0.1) is 12.7 Å². The number of anilines is 1. The van der Waals surface area contributed by atoms with Gasteiger partial charge >= 0.3 is 7.12 Å². The summed E-state index contributed by atoms with van der Waals surface area (Å²) in [7, 11) is -0.627. The molecule has 1 unspecified atom stereocenters. The smallest absolute Gasteiger partial charge is 0.495 e. The molecule has 1 aliphatic heterocycles. The van der Waals surface area contributed by atoms with E-state index in [2.05, 4.69) is 9.97 Å². The number of rotatable bonds is 5. The van der Waals surface area contributed by atoms with E-state index in [1.54, 1.807) is 13.1 Å². The number of fused-ring (bicyclic) bond motifs is 1. The van der Waals surface area contributed by atoms with Gasteiger partial charge in [0.2, 0.25) is 5.78 Å². The second-order valence-corrected chi connectivity index (χ2v) is 7.35. The highest BCUT2D eigenvalue weighted by Crippen LogP contribution is 2.31. The lowest BCUT2D eigenvalue weighted by molar-refractivity contribution is 0.103. The molecule has 1 aliphatic rings. The Bertz CT molecular complexity index is 1160. The third-order valence-corrected chi connectivity index (χ3v) is 5.25. The summed E-state index contributed by atoms with van der Waals surface area (Å²) in [6, 6.07) is 2.07. The predicted octanol–water partition coefficient (Wildman–Crippen LogP) is 1.29. The van der Waals surface area contributed by atoms with Crippen molar-refractivity contribution in [3.05, 3.63) is 47.0 Å². The number of nitrogens with zero attached hydrogens (tertiary/aromatic N) is 1. The Balaban J connectivity index is 1.82. The molecule has 1 fully saturated rings. The number of aryl methyl sites for hydroxylation is 1. The van der Waals surface area contributed by atoms with Crippen LogP contribution in [0.3, 0.4) is 0 Å². The number of nitrogens with one attached hydrogen (secondary N) is 2. The molecule has 0 radical (unpaired) electrons. The molecular formula is C18H16BFN3O6S-. The maximum Gasteiger partial charge on any atom is 0.495 e. The van der Waals surface area contributed by atoms with Crippen LogP contribution in [0.15, 0.2) is 24.5 Å². The van der Waals surface area contributed by atoms with Crippen molar-refractivity contribution in [3.8, 4) is 5.75 Å². The third kappa shape index (κ3) is 3.58. The minimum atomic E-state index is -2.80. The number of hydrogen-bond donors (Lipinski definition) is 3. The van der Waals surface area contributed by atoms with Crippen LogP contribution in [0.5, 0.6) is 5.75 Å². The van der Waals surface area contributed by atoms with Gasteiger partial charge in [0.25, 0.3) is 0 Å². The van der Waals surface area contributed by atoms with Gasteiger partial charge in [-0.3, -0.25) is 9.00 Å². The van der Waals surface area contributed by atoms with E-state index in [0.29, 0.717) is 35.3 Å². The van der Waals surface area contributed by atoms with Gasteiger partial charge in [-0.25, -0.2) is 9.37 Å². The Morgan fingerprint density at radius 1 is 1.40 bits per heavy atom. The molecule has 9 nitrogen and oxygen atoms in total. The lowest BCUT2D eigenvalue weighted by Gasteiger charge is -2.21. The van der Waals surface area contributed by atoms with Crippen LogP contribution in [-0.4, -0.2) is 50.0 Å². The van der Waals surface area contributed by atoms with E-state index >= 15 is 0 Å². The first-order valence-corrected chi connectivity index (χ1v) is 10.1. The molecule has 1 saturated heterocycles. The number of pyridine rings is 1. The van der Waals surface area contributed by atoms with Crippen LogP contribution in [0.4, 0.5) is 10.1 Å². The topological polar surface area (TPSA) is 137 Å². The second-order valence-electron chi connectivity index (χ2n) is 6.68. The van der Waals surface area contributed by atoms with Gasteiger partial charge in [0, 0.05) is 47.7 Å². The van der Waals surface area contributed by atoms with Crippen molar-refractivity contribution >= 4 is 46.4 Å². The average molecular weight is 432 g/mol. The van der Waals surface area contributed by atoms with Gasteiger partial charge in [-0.2, -0.15) is 0 Å². The number of phenolic OH excluding ortho intramolecular Hbond substituents is 1. The molecule has 3 heterocycles. The molecule has 0 amide bonds. The molecule has 4 rings (SSSR count). The summed E-state index contributed by atoms with van der Waals surface area (Å²) < 4.78 is 49.7. The van der Waals surface area contributed by atoms with Gasteiger partial charge in [-0.05, 0) is 31.0 Å². The number of carbonyl (C=O) groups is 1. The van der Waals surface area contributed by atoms with Crippen molar-refractivity contribution < 1.29 is 32.4 Å². The number of aromatic amines is 1. The van der Waals surface area contributed by atoms with Gasteiger partial charge in [0.1, 0.15) is 17.0 Å². The van der Waals surface area contributed by atoms with Crippen molar-refractivity contribution in [1.29, 1.82) is 0 Å². The van der Waals surface area contributed by atoms with E-state index < -0.39 is 47.0 Å². The Morgan fingerprint density at radius 2 is 2.13 bits per heavy atom. The molecule has 30 heavy (non-hydrogen) atoms. The number of phenols is 1. The van der Waals surface area contributed by atoms with E-state index in [1.807, 2.05) is 4.72 Å². The fourth-order valence-electron chi connectivity index (χ4n) is 3.44. The number of hydrogen-bond acceptors (Lipinski definition) is 7. The average Bonchev–Trinajstić information content (AvgIpc) is 3.16. The standard InChI is InChI=1S/C18H17BFN3O6S/c1-9-11(19-28-5-2-6-29-19)8-22-18-14(9)10(7-21-18)17(25)15-13(24)4-3-12(16(15)20)23-30(26)27/h3-4,7-8,23-24H,2,5-6H2,1H3,(H,21,22)(H,26,27)/p-1. The monoisotopic (exact) mass is 432 g/mol. The molecule has 0 saturated carbocycles. The summed E-state index contributed by atoms with van der Waals surface area (Å²) in [5, 5.41) is 10.5. The highest BCUT2D eigenvalue weighted by Gasteiger charge is 2.30. The third-order valence-electron chi connectivity index (χ3n) is 4.87. The number of H-pyrrole nitrogens is 1. The predicted molar refractivity (Wildman–Crippen MR) is 107 cm³/mol. The Hall–Kier alpha value is -2.80. The van der Waals surface area contributed by atoms with E-state index in [0.717, 1.165) is 18.6 Å². The molecular weight excluding hydrogens is 416 g/mol. The summed E-state index contributed by atoms with van der Waals surface area (Å²) in [5.41, 5.74) is 0.654. The first kappa shape index (κ1) is 20.5.